The van der Waals surface area contributed by atoms with E-state index in [0.29, 0.717) is 12.1 Å². The molecule has 34 heavy (non-hydrogen) atoms. The topological polar surface area (TPSA) is 105 Å². The van der Waals surface area contributed by atoms with Gasteiger partial charge >= 0.3 is 12.1 Å². The number of carbonyl (C=O) groups excluding carboxylic acids is 2. The molecule has 4 rings (SSSR count). The molecule has 0 bridgehead atoms. The highest BCUT2D eigenvalue weighted by Crippen LogP contribution is 2.44. The molecule has 3 aromatic carbocycles. The van der Waals surface area contributed by atoms with Gasteiger partial charge in [0.05, 0.1) is 0 Å². The minimum Gasteiger partial charge on any atom is -0.480 e. The Balaban J connectivity index is 1.29. The summed E-state index contributed by atoms with van der Waals surface area (Å²) in [5.41, 5.74) is 6.15. The fourth-order valence-corrected chi connectivity index (χ4v) is 4.14. The Morgan fingerprint density at radius 3 is 2.09 bits per heavy atom. The van der Waals surface area contributed by atoms with Gasteiger partial charge in [-0.05, 0) is 53.3 Å². The van der Waals surface area contributed by atoms with Crippen molar-refractivity contribution in [3.8, 4) is 11.1 Å². The molecule has 0 aliphatic heterocycles. The van der Waals surface area contributed by atoms with E-state index < -0.39 is 18.1 Å². The summed E-state index contributed by atoms with van der Waals surface area (Å²) in [6.45, 7) is 1.66. The van der Waals surface area contributed by atoms with Crippen molar-refractivity contribution in [2.45, 2.75) is 31.7 Å². The molecule has 3 N–H and O–H groups in total. The lowest BCUT2D eigenvalue weighted by molar-refractivity contribution is -0.141. The van der Waals surface area contributed by atoms with Gasteiger partial charge in [-0.3, -0.25) is 14.9 Å². The Morgan fingerprint density at radius 1 is 0.912 bits per heavy atom. The number of carboxylic acid groups (broad SMARTS) is 1. The van der Waals surface area contributed by atoms with E-state index in [2.05, 4.69) is 34.9 Å². The second kappa shape index (κ2) is 10.2. The second-order valence-corrected chi connectivity index (χ2v) is 8.27. The Kier molecular flexibility index (Phi) is 6.92. The fourth-order valence-electron chi connectivity index (χ4n) is 4.14. The quantitative estimate of drug-likeness (QED) is 0.459. The van der Waals surface area contributed by atoms with Crippen LogP contribution in [-0.2, 0) is 20.7 Å². The van der Waals surface area contributed by atoms with Crippen molar-refractivity contribution >= 4 is 23.7 Å². The number of hydrogen-bond donors (Lipinski definition) is 3. The van der Waals surface area contributed by atoms with Crippen LogP contribution in [0.3, 0.4) is 0 Å². The molecule has 0 spiro atoms. The summed E-state index contributed by atoms with van der Waals surface area (Å²) in [4.78, 5) is 35.1. The van der Waals surface area contributed by atoms with Crippen molar-refractivity contribution < 1.29 is 24.2 Å². The summed E-state index contributed by atoms with van der Waals surface area (Å²) < 4.78 is 5.56. The van der Waals surface area contributed by atoms with Crippen molar-refractivity contribution in [3.63, 3.8) is 0 Å². The van der Waals surface area contributed by atoms with Crippen LogP contribution >= 0.6 is 0 Å². The molecule has 0 heterocycles. The van der Waals surface area contributed by atoms with Crippen LogP contribution in [0.2, 0.25) is 0 Å². The highest BCUT2D eigenvalue weighted by molar-refractivity contribution is 5.85. The molecule has 3 aromatic rings. The van der Waals surface area contributed by atoms with E-state index in [1.807, 2.05) is 36.4 Å². The average Bonchev–Trinajstić information content (AvgIpc) is 3.16. The van der Waals surface area contributed by atoms with E-state index in [0.717, 1.165) is 16.7 Å². The molecule has 7 nitrogen and oxygen atoms in total. The Labute approximate surface area is 197 Å². The van der Waals surface area contributed by atoms with E-state index in [1.54, 1.807) is 12.1 Å². The third kappa shape index (κ3) is 5.26. The van der Waals surface area contributed by atoms with Crippen LogP contribution in [0.5, 0.6) is 0 Å². The van der Waals surface area contributed by atoms with Crippen molar-refractivity contribution in [1.82, 2.24) is 5.32 Å². The first kappa shape index (κ1) is 23.0. The summed E-state index contributed by atoms with van der Waals surface area (Å²) in [6.07, 6.45) is 0.108. The summed E-state index contributed by atoms with van der Waals surface area (Å²) in [5.74, 6) is -1.40. The minimum absolute atomic E-state index is 0.00415. The molecular weight excluding hydrogens is 432 g/mol. The molecule has 174 valence electrons. The summed E-state index contributed by atoms with van der Waals surface area (Å²) in [7, 11) is 0. The fraction of sp³-hybridized carbons (Fsp3) is 0.222. The molecule has 2 amide bonds. The number of aliphatic carboxylic acids is 1. The number of hydrogen-bond acceptors (Lipinski definition) is 4. The molecule has 0 fully saturated rings. The number of carboxylic acids is 1. The molecule has 1 atom stereocenters. The van der Waals surface area contributed by atoms with Gasteiger partial charge < -0.3 is 15.2 Å². The van der Waals surface area contributed by atoms with Gasteiger partial charge in [-0.1, -0.05) is 60.7 Å². The number of carbonyl (C=O) groups is 3. The van der Waals surface area contributed by atoms with Crippen LogP contribution in [0.4, 0.5) is 10.5 Å². The third-order valence-corrected chi connectivity index (χ3v) is 5.93. The van der Waals surface area contributed by atoms with Gasteiger partial charge in [-0.25, -0.2) is 4.79 Å². The molecular formula is C27H26N2O5. The van der Waals surface area contributed by atoms with Crippen molar-refractivity contribution in [3.05, 3.63) is 89.5 Å². The molecule has 0 aromatic heterocycles. The van der Waals surface area contributed by atoms with Crippen LogP contribution in [-0.4, -0.2) is 35.7 Å². The lowest BCUT2D eigenvalue weighted by Crippen LogP contribution is -2.38. The first-order valence-electron chi connectivity index (χ1n) is 11.2. The van der Waals surface area contributed by atoms with E-state index in [9.17, 15) is 14.4 Å². The van der Waals surface area contributed by atoms with E-state index >= 15 is 0 Å². The van der Waals surface area contributed by atoms with Crippen molar-refractivity contribution in [2.24, 2.45) is 0 Å². The van der Waals surface area contributed by atoms with Crippen LogP contribution < -0.4 is 10.6 Å². The SMILES string of the molecule is C[C@H](NC(=O)CCc1ccc(NC(=O)OCC2c3ccccc3-c3ccccc32)cc1)C(=O)O. The van der Waals surface area contributed by atoms with Crippen LogP contribution in [0, 0.1) is 0 Å². The minimum atomic E-state index is -1.07. The second-order valence-electron chi connectivity index (χ2n) is 8.27. The van der Waals surface area contributed by atoms with Gasteiger partial charge in [0.2, 0.25) is 5.91 Å². The maximum absolute atomic E-state index is 12.4. The maximum Gasteiger partial charge on any atom is 0.411 e. The number of ether oxygens (including phenoxy) is 1. The highest BCUT2D eigenvalue weighted by Gasteiger charge is 2.29. The standard InChI is InChI=1S/C27H26N2O5/c1-17(26(31)32)28-25(30)15-12-18-10-13-19(14-11-18)29-27(33)34-16-24-22-8-4-2-6-20(22)21-7-3-5-9-23(21)24/h2-11,13-14,17,24H,12,15-16H2,1H3,(H,28,30)(H,29,33)(H,31,32)/t17-/m0/s1. The van der Waals surface area contributed by atoms with E-state index in [-0.39, 0.29) is 24.9 Å². The Hall–Kier alpha value is -4.13. The summed E-state index contributed by atoms with van der Waals surface area (Å²) in [6, 6.07) is 22.5. The normalized spacial score (nSPS) is 12.9. The number of amides is 2. The first-order chi connectivity index (χ1) is 16.4. The smallest absolute Gasteiger partial charge is 0.411 e. The van der Waals surface area contributed by atoms with Crippen LogP contribution in [0.15, 0.2) is 72.8 Å². The molecule has 0 radical (unpaired) electrons. The number of anilines is 1. The molecule has 0 saturated carbocycles. The number of nitrogens with one attached hydrogen (secondary N) is 2. The van der Waals surface area contributed by atoms with Crippen LogP contribution in [0.1, 0.15) is 36.0 Å². The van der Waals surface area contributed by atoms with Gasteiger partial charge in [0.1, 0.15) is 12.6 Å². The lowest BCUT2D eigenvalue weighted by atomic mass is 9.98. The number of benzene rings is 3. The highest BCUT2D eigenvalue weighted by atomic mass is 16.5. The number of aryl methyl sites for hydroxylation is 1. The number of rotatable bonds is 8. The zero-order chi connectivity index (χ0) is 24.1. The van der Waals surface area contributed by atoms with Gasteiger partial charge in [-0.15, -0.1) is 0 Å². The molecule has 0 saturated heterocycles. The monoisotopic (exact) mass is 458 g/mol. The lowest BCUT2D eigenvalue weighted by Gasteiger charge is -2.14. The molecule has 1 aliphatic rings. The number of fused-ring (bicyclic) bond motifs is 3. The zero-order valence-electron chi connectivity index (χ0n) is 18.8. The predicted molar refractivity (Wildman–Crippen MR) is 129 cm³/mol. The van der Waals surface area contributed by atoms with Crippen LogP contribution in [0.25, 0.3) is 11.1 Å². The predicted octanol–water partition coefficient (Wildman–Crippen LogP) is 4.57. The Morgan fingerprint density at radius 2 is 1.50 bits per heavy atom. The maximum atomic E-state index is 12.4. The molecule has 1 aliphatic carbocycles. The molecule has 0 unspecified atom stereocenters. The van der Waals surface area contributed by atoms with Gasteiger partial charge in [-0.2, -0.15) is 0 Å². The first-order valence-corrected chi connectivity index (χ1v) is 11.2. The largest absolute Gasteiger partial charge is 0.480 e. The van der Waals surface area contributed by atoms with Gasteiger partial charge in [0.15, 0.2) is 0 Å². The zero-order valence-corrected chi connectivity index (χ0v) is 18.8. The summed E-state index contributed by atoms with van der Waals surface area (Å²) in [5, 5.41) is 14.0. The van der Waals surface area contributed by atoms with Crippen molar-refractivity contribution in [1.29, 1.82) is 0 Å². The van der Waals surface area contributed by atoms with Gasteiger partial charge in [0.25, 0.3) is 0 Å². The van der Waals surface area contributed by atoms with E-state index in [4.69, 9.17) is 9.84 Å². The van der Waals surface area contributed by atoms with Crippen molar-refractivity contribution in [2.75, 3.05) is 11.9 Å². The summed E-state index contributed by atoms with van der Waals surface area (Å²) >= 11 is 0. The van der Waals surface area contributed by atoms with Gasteiger partial charge in [0, 0.05) is 18.0 Å². The molecule has 7 heteroatoms. The average molecular weight is 459 g/mol. The Bertz CT molecular complexity index is 1160. The van der Waals surface area contributed by atoms with E-state index in [1.165, 1.54) is 18.1 Å². The third-order valence-electron chi connectivity index (χ3n) is 5.93.